The van der Waals surface area contributed by atoms with Gasteiger partial charge in [-0.15, -0.1) is 0 Å². The molecule has 0 spiro atoms. The Morgan fingerprint density at radius 1 is 0.857 bits per heavy atom. The molecule has 0 aliphatic heterocycles. The lowest BCUT2D eigenvalue weighted by Gasteiger charge is -1.98. The Labute approximate surface area is 87.9 Å². The van der Waals surface area contributed by atoms with Crippen molar-refractivity contribution in [2.75, 3.05) is 0 Å². The molecular formula is C8H2Cl2N2O2. The third-order valence-electron chi connectivity index (χ3n) is 1.65. The van der Waals surface area contributed by atoms with Crippen LogP contribution in [0.1, 0.15) is 0 Å². The molecule has 0 N–H and O–H groups in total. The van der Waals surface area contributed by atoms with Crippen molar-refractivity contribution in [3.05, 3.63) is 21.0 Å². The Bertz CT molecular complexity index is 514. The largest absolute Gasteiger partial charge is 0.285 e. The maximum Gasteiger partial charge on any atom is 0.228 e. The predicted octanol–water partition coefficient (Wildman–Crippen LogP) is -0.504. The van der Waals surface area contributed by atoms with Gasteiger partial charge in [0.25, 0.3) is 0 Å². The fraction of sp³-hybridized carbons (Fsp3) is 0. The molecule has 0 aromatic carbocycles. The molecule has 0 bridgehead atoms. The van der Waals surface area contributed by atoms with E-state index in [1.165, 1.54) is 0 Å². The molecule has 4 nitrogen and oxygen atoms in total. The Kier molecular flexibility index (Phi) is 2.09. The van der Waals surface area contributed by atoms with Gasteiger partial charge in [0.15, 0.2) is 10.3 Å². The fourth-order valence-corrected chi connectivity index (χ4v) is 1.29. The number of Topliss-reactive ketones (excluding diaryl/α,β-unsaturated/α-hetero) is 2. The molecule has 0 saturated carbocycles. The number of carbonyl (C=O) groups is 2. The van der Waals surface area contributed by atoms with Crippen LogP contribution in [0, 0.1) is 0 Å². The van der Waals surface area contributed by atoms with Crippen LogP contribution in [0.4, 0.5) is 0 Å². The third kappa shape index (κ3) is 1.42. The Morgan fingerprint density at radius 3 is 1.57 bits per heavy atom. The van der Waals surface area contributed by atoms with E-state index in [1.54, 1.807) is 0 Å². The van der Waals surface area contributed by atoms with Crippen molar-refractivity contribution >= 4 is 46.9 Å². The van der Waals surface area contributed by atoms with Crippen LogP contribution < -0.4 is 10.7 Å². The van der Waals surface area contributed by atoms with Gasteiger partial charge in [-0.25, -0.2) is 9.97 Å². The smallest absolute Gasteiger partial charge is 0.228 e. The van der Waals surface area contributed by atoms with Gasteiger partial charge in [0.1, 0.15) is 0 Å². The van der Waals surface area contributed by atoms with E-state index >= 15 is 0 Å². The number of halogens is 2. The van der Waals surface area contributed by atoms with Gasteiger partial charge in [0, 0.05) is 12.2 Å². The van der Waals surface area contributed by atoms with E-state index in [2.05, 4.69) is 9.97 Å². The third-order valence-corrected chi connectivity index (χ3v) is 2.27. The summed E-state index contributed by atoms with van der Waals surface area (Å²) in [6.07, 6.45) is 2.18. The molecule has 0 unspecified atom stereocenters. The van der Waals surface area contributed by atoms with Crippen molar-refractivity contribution in [3.8, 4) is 0 Å². The summed E-state index contributed by atoms with van der Waals surface area (Å²) in [4.78, 5) is 29.6. The second-order valence-electron chi connectivity index (χ2n) is 2.59. The van der Waals surface area contributed by atoms with Crippen molar-refractivity contribution in [1.82, 2.24) is 9.97 Å². The standard InChI is InChI=1S/C8H2Cl2N2O2/c9-7-8(10)12-4-2-6(14)5(13)1-3(4)11-7/h1-2H. The molecule has 0 saturated heterocycles. The summed E-state index contributed by atoms with van der Waals surface area (Å²) in [6, 6.07) is 0. The average Bonchev–Trinajstić information content (AvgIpc) is 2.11. The molecule has 70 valence electrons. The number of aromatic nitrogens is 2. The minimum atomic E-state index is -0.634. The molecule has 1 aliphatic rings. The second kappa shape index (κ2) is 3.15. The number of carbonyl (C=O) groups excluding carboxylic acids is 2. The number of rotatable bonds is 0. The lowest BCUT2D eigenvalue weighted by Crippen LogP contribution is -2.38. The van der Waals surface area contributed by atoms with E-state index in [1.807, 2.05) is 0 Å². The maximum atomic E-state index is 11.0. The minimum Gasteiger partial charge on any atom is -0.285 e. The molecule has 0 amide bonds. The van der Waals surface area contributed by atoms with Crippen molar-refractivity contribution in [1.29, 1.82) is 0 Å². The second-order valence-corrected chi connectivity index (χ2v) is 3.31. The molecule has 0 fully saturated rings. The van der Waals surface area contributed by atoms with Gasteiger partial charge >= 0.3 is 0 Å². The van der Waals surface area contributed by atoms with Crippen molar-refractivity contribution in [2.24, 2.45) is 0 Å². The molecule has 1 heterocycles. The molecular weight excluding hydrogens is 227 g/mol. The molecule has 1 aromatic heterocycles. The Hall–Kier alpha value is -1.26. The van der Waals surface area contributed by atoms with E-state index in [0.717, 1.165) is 12.2 Å². The molecule has 6 heteroatoms. The summed E-state index contributed by atoms with van der Waals surface area (Å²) in [5, 5.41) is 0.558. The highest BCUT2D eigenvalue weighted by atomic mass is 35.5. The van der Waals surface area contributed by atoms with Gasteiger partial charge in [0.2, 0.25) is 11.6 Å². The summed E-state index contributed by atoms with van der Waals surface area (Å²) in [6.45, 7) is 0. The first-order valence-electron chi connectivity index (χ1n) is 3.59. The van der Waals surface area contributed by atoms with E-state index in [0.29, 0.717) is 0 Å². The maximum absolute atomic E-state index is 11.0. The van der Waals surface area contributed by atoms with Crippen LogP contribution in [0.3, 0.4) is 0 Å². The van der Waals surface area contributed by atoms with E-state index in [9.17, 15) is 9.59 Å². The summed E-state index contributed by atoms with van der Waals surface area (Å²) >= 11 is 11.2. The van der Waals surface area contributed by atoms with Crippen molar-refractivity contribution in [3.63, 3.8) is 0 Å². The molecule has 1 aromatic rings. The van der Waals surface area contributed by atoms with Crippen LogP contribution in [0.2, 0.25) is 10.3 Å². The van der Waals surface area contributed by atoms with Crippen LogP contribution in [0.25, 0.3) is 12.2 Å². The van der Waals surface area contributed by atoms with E-state index < -0.39 is 11.6 Å². The highest BCUT2D eigenvalue weighted by Gasteiger charge is 2.14. The predicted molar refractivity (Wildman–Crippen MR) is 50.2 cm³/mol. The first-order valence-corrected chi connectivity index (χ1v) is 4.34. The van der Waals surface area contributed by atoms with Crippen molar-refractivity contribution < 1.29 is 9.59 Å². The first-order chi connectivity index (χ1) is 6.58. The van der Waals surface area contributed by atoms with Gasteiger partial charge in [0.05, 0.1) is 10.7 Å². The fourth-order valence-electron chi connectivity index (χ4n) is 1.02. The Morgan fingerprint density at radius 2 is 1.21 bits per heavy atom. The summed E-state index contributed by atoms with van der Waals surface area (Å²) < 4.78 is 0. The summed E-state index contributed by atoms with van der Waals surface area (Å²) in [5.41, 5.74) is 0. The van der Waals surface area contributed by atoms with Crippen molar-refractivity contribution in [2.45, 2.75) is 0 Å². The molecule has 0 atom stereocenters. The van der Waals surface area contributed by atoms with E-state index in [-0.39, 0.29) is 21.0 Å². The van der Waals surface area contributed by atoms with Gasteiger partial charge in [-0.3, -0.25) is 9.59 Å². The van der Waals surface area contributed by atoms with Crippen LogP contribution >= 0.6 is 23.2 Å². The lowest BCUT2D eigenvalue weighted by atomic mass is 10.1. The normalized spacial score (nSPS) is 14.4. The summed E-state index contributed by atoms with van der Waals surface area (Å²) in [7, 11) is 0. The zero-order chi connectivity index (χ0) is 10.3. The van der Waals surface area contributed by atoms with Crippen LogP contribution in [-0.2, 0) is 9.59 Å². The van der Waals surface area contributed by atoms with E-state index in [4.69, 9.17) is 23.2 Å². The Balaban J connectivity index is 2.87. The van der Waals surface area contributed by atoms with Gasteiger partial charge < -0.3 is 0 Å². The number of ketones is 2. The molecule has 1 aliphatic carbocycles. The number of fused-ring (bicyclic) bond motifs is 1. The molecule has 2 rings (SSSR count). The summed E-state index contributed by atoms with van der Waals surface area (Å²) in [5.74, 6) is -1.27. The van der Waals surface area contributed by atoms with Gasteiger partial charge in [-0.2, -0.15) is 0 Å². The topological polar surface area (TPSA) is 59.9 Å². The highest BCUT2D eigenvalue weighted by Crippen LogP contribution is 2.11. The number of nitrogens with zero attached hydrogens (tertiary/aromatic N) is 2. The van der Waals surface area contributed by atoms with Gasteiger partial charge in [-0.1, -0.05) is 23.2 Å². The SMILES string of the molecule is O=C1C=c2nc(Cl)c(Cl)nc2=CC1=O. The quantitative estimate of drug-likeness (QED) is 0.562. The number of hydrogen-bond donors (Lipinski definition) is 0. The first kappa shape index (κ1) is 9.30. The zero-order valence-corrected chi connectivity index (χ0v) is 8.13. The van der Waals surface area contributed by atoms with Crippen LogP contribution in [0.15, 0.2) is 0 Å². The lowest BCUT2D eigenvalue weighted by molar-refractivity contribution is -0.129. The molecule has 0 radical (unpaired) electrons. The van der Waals surface area contributed by atoms with Gasteiger partial charge in [-0.05, 0) is 0 Å². The average molecular weight is 229 g/mol. The monoisotopic (exact) mass is 228 g/mol. The number of hydrogen-bond acceptors (Lipinski definition) is 4. The zero-order valence-electron chi connectivity index (χ0n) is 6.62. The highest BCUT2D eigenvalue weighted by molar-refractivity contribution is 6.57. The van der Waals surface area contributed by atoms with Crippen LogP contribution in [0.5, 0.6) is 0 Å². The van der Waals surface area contributed by atoms with Crippen LogP contribution in [-0.4, -0.2) is 21.5 Å². The minimum absolute atomic E-state index is 0.0113. The molecule has 14 heavy (non-hydrogen) atoms.